The number of halogens is 1. The molecule has 0 atom stereocenters. The number of methoxy groups -OCH3 is 4. The van der Waals surface area contributed by atoms with Gasteiger partial charge in [-0.1, -0.05) is 0 Å². The first-order chi connectivity index (χ1) is 12.0. The monoisotopic (exact) mass is 366 g/mol. The highest BCUT2D eigenvalue weighted by atomic mass is 32.1. The first-order valence-electron chi connectivity index (χ1n) is 7.24. The molecular weight excluding hydrogens is 347 g/mol. The molecule has 8 heteroatoms. The van der Waals surface area contributed by atoms with Gasteiger partial charge in [-0.25, -0.2) is 4.39 Å². The lowest BCUT2D eigenvalue weighted by Gasteiger charge is -2.16. The Morgan fingerprint density at radius 3 is 1.84 bits per heavy atom. The van der Waals surface area contributed by atoms with Crippen molar-refractivity contribution in [1.82, 2.24) is 0 Å². The summed E-state index contributed by atoms with van der Waals surface area (Å²) in [6.45, 7) is 0. The molecule has 0 aromatic heterocycles. The molecule has 0 fully saturated rings. The van der Waals surface area contributed by atoms with Gasteiger partial charge in [0.05, 0.1) is 28.4 Å². The highest BCUT2D eigenvalue weighted by molar-refractivity contribution is 7.80. The Morgan fingerprint density at radius 2 is 1.36 bits per heavy atom. The summed E-state index contributed by atoms with van der Waals surface area (Å²) in [6.07, 6.45) is 0. The number of hydrogen-bond donors (Lipinski definition) is 2. The van der Waals surface area contributed by atoms with E-state index in [9.17, 15) is 4.39 Å². The molecule has 0 aliphatic rings. The Labute approximate surface area is 150 Å². The van der Waals surface area contributed by atoms with Gasteiger partial charge in [-0.05, 0) is 24.4 Å². The van der Waals surface area contributed by atoms with E-state index in [1.807, 2.05) is 0 Å². The largest absolute Gasteiger partial charge is 0.494 e. The molecule has 0 amide bonds. The minimum atomic E-state index is -0.483. The van der Waals surface area contributed by atoms with Crippen LogP contribution in [0, 0.1) is 5.82 Å². The summed E-state index contributed by atoms with van der Waals surface area (Å²) >= 11 is 5.25. The summed E-state index contributed by atoms with van der Waals surface area (Å²) in [5.41, 5.74) is 1.12. The van der Waals surface area contributed by atoms with Gasteiger partial charge < -0.3 is 29.6 Å². The van der Waals surface area contributed by atoms with Crippen LogP contribution in [0.25, 0.3) is 0 Å². The maximum absolute atomic E-state index is 13.7. The second kappa shape index (κ2) is 8.39. The topological polar surface area (TPSA) is 61.0 Å². The van der Waals surface area contributed by atoms with E-state index in [1.165, 1.54) is 40.6 Å². The van der Waals surface area contributed by atoms with Crippen LogP contribution in [0.4, 0.5) is 15.8 Å². The first kappa shape index (κ1) is 18.6. The molecule has 0 aliphatic carbocycles. The van der Waals surface area contributed by atoms with Gasteiger partial charge in [-0.3, -0.25) is 0 Å². The first-order valence-corrected chi connectivity index (χ1v) is 7.64. The van der Waals surface area contributed by atoms with Gasteiger partial charge in [0, 0.05) is 29.6 Å². The molecule has 0 saturated heterocycles. The molecule has 0 saturated carbocycles. The maximum atomic E-state index is 13.7. The average Bonchev–Trinajstić information content (AvgIpc) is 2.60. The molecule has 2 rings (SSSR count). The zero-order valence-corrected chi connectivity index (χ0v) is 15.1. The SMILES string of the molecule is COc1ccc(NC(=S)Nc2cc(OC)c(OC)c(OC)c2)cc1F. The quantitative estimate of drug-likeness (QED) is 0.757. The van der Waals surface area contributed by atoms with E-state index in [2.05, 4.69) is 10.6 Å². The molecule has 0 unspecified atom stereocenters. The fourth-order valence-electron chi connectivity index (χ4n) is 2.19. The Morgan fingerprint density at radius 1 is 0.800 bits per heavy atom. The van der Waals surface area contributed by atoms with Crippen molar-refractivity contribution in [3.05, 3.63) is 36.1 Å². The van der Waals surface area contributed by atoms with Gasteiger partial charge in [-0.2, -0.15) is 0 Å². The number of anilines is 2. The second-order valence-corrected chi connectivity index (χ2v) is 5.25. The van der Waals surface area contributed by atoms with Crippen molar-refractivity contribution in [1.29, 1.82) is 0 Å². The highest BCUT2D eigenvalue weighted by Gasteiger charge is 2.14. The molecule has 2 N–H and O–H groups in total. The summed E-state index contributed by atoms with van der Waals surface area (Å²) < 4.78 is 34.5. The van der Waals surface area contributed by atoms with Crippen molar-refractivity contribution in [3.63, 3.8) is 0 Å². The summed E-state index contributed by atoms with van der Waals surface area (Å²) in [6, 6.07) is 7.89. The van der Waals surface area contributed by atoms with E-state index < -0.39 is 5.82 Å². The number of nitrogens with one attached hydrogen (secondary N) is 2. The van der Waals surface area contributed by atoms with Crippen LogP contribution in [-0.2, 0) is 0 Å². The normalized spacial score (nSPS) is 9.96. The molecular formula is C17H19FN2O4S. The van der Waals surface area contributed by atoms with E-state index in [-0.39, 0.29) is 10.9 Å². The van der Waals surface area contributed by atoms with E-state index >= 15 is 0 Å². The van der Waals surface area contributed by atoms with E-state index in [1.54, 1.807) is 18.2 Å². The van der Waals surface area contributed by atoms with Crippen LogP contribution >= 0.6 is 12.2 Å². The number of rotatable bonds is 6. The zero-order valence-electron chi connectivity index (χ0n) is 14.3. The lowest BCUT2D eigenvalue weighted by Crippen LogP contribution is -2.19. The molecule has 25 heavy (non-hydrogen) atoms. The summed E-state index contributed by atoms with van der Waals surface area (Å²) in [5.74, 6) is 1.13. The lowest BCUT2D eigenvalue weighted by molar-refractivity contribution is 0.324. The van der Waals surface area contributed by atoms with Gasteiger partial charge >= 0.3 is 0 Å². The summed E-state index contributed by atoms with van der Waals surface area (Å²) in [5, 5.41) is 6.16. The number of hydrogen-bond acceptors (Lipinski definition) is 5. The molecule has 0 spiro atoms. The van der Waals surface area contributed by atoms with Crippen LogP contribution in [0.15, 0.2) is 30.3 Å². The Kier molecular flexibility index (Phi) is 6.24. The highest BCUT2D eigenvalue weighted by Crippen LogP contribution is 2.39. The maximum Gasteiger partial charge on any atom is 0.203 e. The third kappa shape index (κ3) is 4.42. The van der Waals surface area contributed by atoms with Crippen LogP contribution in [0.3, 0.4) is 0 Å². The van der Waals surface area contributed by atoms with Crippen LogP contribution in [0.2, 0.25) is 0 Å². The molecule has 0 bridgehead atoms. The number of thiocarbonyl (C=S) groups is 1. The van der Waals surface area contributed by atoms with Gasteiger partial charge in [0.15, 0.2) is 28.2 Å². The minimum Gasteiger partial charge on any atom is -0.494 e. The third-order valence-corrected chi connectivity index (χ3v) is 3.54. The molecule has 0 heterocycles. The Bertz CT molecular complexity index is 745. The predicted molar refractivity (Wildman–Crippen MR) is 98.9 cm³/mol. The molecule has 2 aromatic carbocycles. The fraction of sp³-hybridized carbons (Fsp3) is 0.235. The van der Waals surface area contributed by atoms with Crippen LogP contribution in [0.1, 0.15) is 0 Å². The number of ether oxygens (including phenoxy) is 4. The minimum absolute atomic E-state index is 0.161. The van der Waals surface area contributed by atoms with Crippen molar-refractivity contribution >= 4 is 28.7 Å². The molecule has 0 radical (unpaired) electrons. The molecule has 2 aromatic rings. The van der Waals surface area contributed by atoms with Crippen molar-refractivity contribution < 1.29 is 23.3 Å². The van der Waals surface area contributed by atoms with Crippen molar-refractivity contribution in [2.45, 2.75) is 0 Å². The zero-order chi connectivity index (χ0) is 18.4. The molecule has 0 aliphatic heterocycles. The van der Waals surface area contributed by atoms with E-state index in [0.717, 1.165) is 0 Å². The van der Waals surface area contributed by atoms with Crippen LogP contribution < -0.4 is 29.6 Å². The number of benzene rings is 2. The Hall–Kier alpha value is -2.74. The Balaban J connectivity index is 2.16. The smallest absolute Gasteiger partial charge is 0.203 e. The summed E-state index contributed by atoms with van der Waals surface area (Å²) in [7, 11) is 5.98. The molecule has 134 valence electrons. The predicted octanol–water partition coefficient (Wildman–Crippen LogP) is 3.67. The van der Waals surface area contributed by atoms with Gasteiger partial charge in [0.1, 0.15) is 0 Å². The van der Waals surface area contributed by atoms with E-state index in [0.29, 0.717) is 28.6 Å². The lowest BCUT2D eigenvalue weighted by atomic mass is 10.2. The fourth-order valence-corrected chi connectivity index (χ4v) is 2.43. The van der Waals surface area contributed by atoms with Crippen molar-refractivity contribution in [3.8, 4) is 23.0 Å². The van der Waals surface area contributed by atoms with Gasteiger partial charge in [0.2, 0.25) is 5.75 Å². The van der Waals surface area contributed by atoms with Crippen LogP contribution in [0.5, 0.6) is 23.0 Å². The second-order valence-electron chi connectivity index (χ2n) is 4.84. The standard InChI is InChI=1S/C17H19FN2O4S/c1-21-13-6-5-10(7-12(13)18)19-17(25)20-11-8-14(22-2)16(24-4)15(9-11)23-3/h5-9H,1-4H3,(H2,19,20,25). The third-order valence-electron chi connectivity index (χ3n) is 3.33. The summed E-state index contributed by atoms with van der Waals surface area (Å²) in [4.78, 5) is 0. The van der Waals surface area contributed by atoms with Crippen LogP contribution in [-0.4, -0.2) is 33.6 Å². The van der Waals surface area contributed by atoms with Crippen molar-refractivity contribution in [2.24, 2.45) is 0 Å². The average molecular weight is 366 g/mol. The van der Waals surface area contributed by atoms with Crippen molar-refractivity contribution in [2.75, 3.05) is 39.1 Å². The van der Waals surface area contributed by atoms with Gasteiger partial charge in [0.25, 0.3) is 0 Å². The van der Waals surface area contributed by atoms with Gasteiger partial charge in [-0.15, -0.1) is 0 Å². The van der Waals surface area contributed by atoms with E-state index in [4.69, 9.17) is 31.2 Å². The molecule has 6 nitrogen and oxygen atoms in total.